The second kappa shape index (κ2) is 5.43. The van der Waals surface area contributed by atoms with Crippen LogP contribution in [0.5, 0.6) is 0 Å². The molecule has 2 aromatic rings. The third-order valence-electron chi connectivity index (χ3n) is 3.37. The molecular formula is C19H21N. The topological polar surface area (TPSA) is 26.0 Å². The third-order valence-corrected chi connectivity index (χ3v) is 3.37. The Kier molecular flexibility index (Phi) is 3.86. The molecule has 1 nitrogen and oxygen atoms in total. The maximum atomic E-state index is 5.81. The molecule has 0 unspecified atom stereocenters. The highest BCUT2D eigenvalue weighted by molar-refractivity contribution is 5.52. The molecule has 0 saturated carbocycles. The number of benzene rings is 2. The first-order valence-electron chi connectivity index (χ1n) is 6.85. The Labute approximate surface area is 121 Å². The number of hydrogen-bond acceptors (Lipinski definition) is 1. The van der Waals surface area contributed by atoms with Crippen LogP contribution < -0.4 is 5.73 Å². The number of aryl methyl sites for hydroxylation is 1. The van der Waals surface area contributed by atoms with E-state index < -0.39 is 0 Å². The molecule has 0 atom stereocenters. The Morgan fingerprint density at radius 3 is 1.95 bits per heavy atom. The molecule has 2 rings (SSSR count). The predicted molar refractivity (Wildman–Crippen MR) is 86.7 cm³/mol. The molecule has 0 amide bonds. The second-order valence-electron chi connectivity index (χ2n) is 6.15. The summed E-state index contributed by atoms with van der Waals surface area (Å²) in [4.78, 5) is 0. The number of nitrogens with two attached hydrogens (primary N) is 1. The van der Waals surface area contributed by atoms with Crippen LogP contribution in [0.1, 0.15) is 43.0 Å². The van der Waals surface area contributed by atoms with Gasteiger partial charge in [-0.05, 0) is 53.8 Å². The fourth-order valence-corrected chi connectivity index (χ4v) is 1.95. The van der Waals surface area contributed by atoms with Crippen molar-refractivity contribution in [3.63, 3.8) is 0 Å². The van der Waals surface area contributed by atoms with E-state index in [9.17, 15) is 0 Å². The molecule has 0 bridgehead atoms. The Morgan fingerprint density at radius 2 is 1.40 bits per heavy atom. The lowest BCUT2D eigenvalue weighted by Crippen LogP contribution is -2.10. The van der Waals surface area contributed by atoms with Gasteiger partial charge >= 0.3 is 0 Å². The maximum Gasteiger partial charge on any atom is 0.0344 e. The highest BCUT2D eigenvalue weighted by Crippen LogP contribution is 2.22. The van der Waals surface area contributed by atoms with E-state index in [0.29, 0.717) is 0 Å². The van der Waals surface area contributed by atoms with Gasteiger partial charge in [-0.1, -0.05) is 44.7 Å². The Hall–Kier alpha value is -2.20. The van der Waals surface area contributed by atoms with Crippen molar-refractivity contribution in [2.24, 2.45) is 0 Å². The quantitative estimate of drug-likeness (QED) is 0.557. The summed E-state index contributed by atoms with van der Waals surface area (Å²) in [6.07, 6.45) is 0. The minimum Gasteiger partial charge on any atom is -0.399 e. The molecule has 0 aromatic heterocycles. The van der Waals surface area contributed by atoms with Gasteiger partial charge in [0.2, 0.25) is 0 Å². The lowest BCUT2D eigenvalue weighted by molar-refractivity contribution is 0.590. The van der Waals surface area contributed by atoms with E-state index in [-0.39, 0.29) is 5.41 Å². The largest absolute Gasteiger partial charge is 0.399 e. The van der Waals surface area contributed by atoms with Crippen LogP contribution in [0.3, 0.4) is 0 Å². The van der Waals surface area contributed by atoms with Gasteiger partial charge in [-0.25, -0.2) is 0 Å². The van der Waals surface area contributed by atoms with Crippen LogP contribution in [-0.4, -0.2) is 0 Å². The van der Waals surface area contributed by atoms with Gasteiger partial charge in [-0.2, -0.15) is 0 Å². The van der Waals surface area contributed by atoms with E-state index in [4.69, 9.17) is 5.73 Å². The van der Waals surface area contributed by atoms with Gasteiger partial charge < -0.3 is 5.73 Å². The minimum atomic E-state index is 0.181. The van der Waals surface area contributed by atoms with Gasteiger partial charge in [0.05, 0.1) is 0 Å². The first kappa shape index (κ1) is 14.2. The average Bonchev–Trinajstić information content (AvgIpc) is 2.40. The van der Waals surface area contributed by atoms with Crippen molar-refractivity contribution in [2.45, 2.75) is 33.1 Å². The SMILES string of the molecule is Cc1cc(C#Cc2ccc(C(C)(C)C)cc2)ccc1N. The molecule has 2 aromatic carbocycles. The Morgan fingerprint density at radius 1 is 0.850 bits per heavy atom. The van der Waals surface area contributed by atoms with Crippen LogP contribution in [0.2, 0.25) is 0 Å². The monoisotopic (exact) mass is 263 g/mol. The van der Waals surface area contributed by atoms with Crippen molar-refractivity contribution in [2.75, 3.05) is 5.73 Å². The van der Waals surface area contributed by atoms with E-state index in [1.807, 2.05) is 25.1 Å². The number of rotatable bonds is 0. The average molecular weight is 263 g/mol. The van der Waals surface area contributed by atoms with E-state index in [2.05, 4.69) is 56.9 Å². The van der Waals surface area contributed by atoms with Crippen molar-refractivity contribution in [1.29, 1.82) is 0 Å². The van der Waals surface area contributed by atoms with Gasteiger partial charge in [-0.3, -0.25) is 0 Å². The lowest BCUT2D eigenvalue weighted by Gasteiger charge is -2.18. The van der Waals surface area contributed by atoms with Crippen LogP contribution in [0.15, 0.2) is 42.5 Å². The lowest BCUT2D eigenvalue weighted by atomic mass is 9.87. The smallest absolute Gasteiger partial charge is 0.0344 e. The summed E-state index contributed by atoms with van der Waals surface area (Å²) in [6, 6.07) is 14.3. The van der Waals surface area contributed by atoms with Crippen molar-refractivity contribution in [1.82, 2.24) is 0 Å². The summed E-state index contributed by atoms with van der Waals surface area (Å²) in [5, 5.41) is 0. The van der Waals surface area contributed by atoms with Crippen molar-refractivity contribution in [3.8, 4) is 11.8 Å². The summed E-state index contributed by atoms with van der Waals surface area (Å²) in [5.74, 6) is 6.38. The third kappa shape index (κ3) is 3.42. The van der Waals surface area contributed by atoms with Gasteiger partial charge in [0.15, 0.2) is 0 Å². The van der Waals surface area contributed by atoms with Gasteiger partial charge in [0.1, 0.15) is 0 Å². The van der Waals surface area contributed by atoms with Crippen molar-refractivity contribution >= 4 is 5.69 Å². The van der Waals surface area contributed by atoms with Crippen LogP contribution in [-0.2, 0) is 5.41 Å². The van der Waals surface area contributed by atoms with Crippen molar-refractivity contribution < 1.29 is 0 Å². The molecule has 1 heteroatoms. The molecule has 0 saturated heterocycles. The molecular weight excluding hydrogens is 242 g/mol. The number of hydrogen-bond donors (Lipinski definition) is 1. The van der Waals surface area contributed by atoms with E-state index in [1.165, 1.54) is 5.56 Å². The molecule has 102 valence electrons. The number of anilines is 1. The van der Waals surface area contributed by atoms with Crippen molar-refractivity contribution in [3.05, 3.63) is 64.7 Å². The Bertz CT molecular complexity index is 662. The van der Waals surface area contributed by atoms with Crippen LogP contribution in [0, 0.1) is 18.8 Å². The van der Waals surface area contributed by atoms with E-state index >= 15 is 0 Å². The molecule has 20 heavy (non-hydrogen) atoms. The zero-order valence-electron chi connectivity index (χ0n) is 12.6. The Balaban J connectivity index is 2.22. The molecule has 0 heterocycles. The van der Waals surface area contributed by atoms with E-state index in [1.54, 1.807) is 0 Å². The molecule has 0 fully saturated rings. The van der Waals surface area contributed by atoms with Gasteiger partial charge in [0.25, 0.3) is 0 Å². The number of nitrogen functional groups attached to an aromatic ring is 1. The fraction of sp³-hybridized carbons (Fsp3) is 0.263. The van der Waals surface area contributed by atoms with Crippen LogP contribution in [0.4, 0.5) is 5.69 Å². The zero-order chi connectivity index (χ0) is 14.8. The maximum absolute atomic E-state index is 5.81. The first-order chi connectivity index (χ1) is 9.36. The first-order valence-corrected chi connectivity index (χ1v) is 6.85. The highest BCUT2D eigenvalue weighted by atomic mass is 14.5. The molecule has 0 aliphatic carbocycles. The minimum absolute atomic E-state index is 0.181. The van der Waals surface area contributed by atoms with Crippen LogP contribution >= 0.6 is 0 Å². The van der Waals surface area contributed by atoms with Gasteiger partial charge in [-0.15, -0.1) is 0 Å². The molecule has 0 aliphatic heterocycles. The zero-order valence-corrected chi connectivity index (χ0v) is 12.6. The van der Waals surface area contributed by atoms with Gasteiger partial charge in [0, 0.05) is 16.8 Å². The summed E-state index contributed by atoms with van der Waals surface area (Å²) in [7, 11) is 0. The normalized spacial score (nSPS) is 10.8. The molecule has 2 N–H and O–H groups in total. The molecule has 0 spiro atoms. The standard InChI is InChI=1S/C19H21N/c1-14-13-16(9-12-18(14)20)6-5-15-7-10-17(11-8-15)19(2,3)4/h7-13H,20H2,1-4H3. The second-order valence-corrected chi connectivity index (χ2v) is 6.15. The van der Waals surface area contributed by atoms with Crippen LogP contribution in [0.25, 0.3) is 0 Å². The summed E-state index contributed by atoms with van der Waals surface area (Å²) < 4.78 is 0. The van der Waals surface area contributed by atoms with E-state index in [0.717, 1.165) is 22.4 Å². The fourth-order valence-electron chi connectivity index (χ4n) is 1.95. The summed E-state index contributed by atoms with van der Waals surface area (Å²) in [5.41, 5.74) is 11.2. The summed E-state index contributed by atoms with van der Waals surface area (Å²) >= 11 is 0. The predicted octanol–water partition coefficient (Wildman–Crippen LogP) is 4.27. The highest BCUT2D eigenvalue weighted by Gasteiger charge is 2.12. The molecule has 0 radical (unpaired) electrons. The molecule has 0 aliphatic rings. The summed E-state index contributed by atoms with van der Waals surface area (Å²) in [6.45, 7) is 8.64.